The van der Waals surface area contributed by atoms with Gasteiger partial charge in [0.25, 0.3) is 0 Å². The number of carbonyl (C=O) groups is 1. The number of benzene rings is 2. The van der Waals surface area contributed by atoms with Crippen molar-refractivity contribution in [1.82, 2.24) is 20.7 Å². The fourth-order valence-electron chi connectivity index (χ4n) is 3.43. The first-order valence-electron chi connectivity index (χ1n) is 11.1. The summed E-state index contributed by atoms with van der Waals surface area (Å²) >= 11 is 1.64. The summed E-state index contributed by atoms with van der Waals surface area (Å²) in [5.41, 5.74) is 4.38. The Hall–Kier alpha value is -3.62. The summed E-state index contributed by atoms with van der Waals surface area (Å²) in [5, 5.41) is 17.1. The first kappa shape index (κ1) is 23.5. The van der Waals surface area contributed by atoms with E-state index in [0.29, 0.717) is 13.0 Å². The highest BCUT2D eigenvalue weighted by atomic mass is 32.2. The van der Waals surface area contributed by atoms with Crippen molar-refractivity contribution in [3.8, 4) is 5.75 Å². The second kappa shape index (κ2) is 12.0. The predicted octanol–water partition coefficient (Wildman–Crippen LogP) is 5.72. The summed E-state index contributed by atoms with van der Waals surface area (Å²) in [6.07, 6.45) is 8.42. The number of amides is 1. The highest BCUT2D eigenvalue weighted by molar-refractivity contribution is 7.99. The number of fused-ring (bicyclic) bond motifs is 1. The van der Waals surface area contributed by atoms with Crippen molar-refractivity contribution in [2.24, 2.45) is 0 Å². The van der Waals surface area contributed by atoms with Gasteiger partial charge in [0.2, 0.25) is 5.91 Å². The van der Waals surface area contributed by atoms with Gasteiger partial charge in [-0.3, -0.25) is 20.1 Å². The summed E-state index contributed by atoms with van der Waals surface area (Å²) in [4.78, 5) is 17.5. The number of carbonyl (C=O) groups excluding carboxylic acids is 1. The second-order valence-electron chi connectivity index (χ2n) is 7.65. The van der Waals surface area contributed by atoms with Crippen LogP contribution in [-0.2, 0) is 4.79 Å². The quantitative estimate of drug-likeness (QED) is 0.146. The number of H-pyrrole nitrogens is 1. The Labute approximate surface area is 202 Å². The molecule has 0 fully saturated rings. The van der Waals surface area contributed by atoms with Crippen LogP contribution in [0.4, 0.5) is 0 Å². The van der Waals surface area contributed by atoms with E-state index in [1.54, 1.807) is 23.4 Å². The number of hydrogen-bond donors (Lipinski definition) is 3. The van der Waals surface area contributed by atoms with E-state index in [2.05, 4.69) is 33.4 Å². The van der Waals surface area contributed by atoms with Gasteiger partial charge in [0, 0.05) is 22.9 Å². The van der Waals surface area contributed by atoms with E-state index in [1.165, 1.54) is 0 Å². The van der Waals surface area contributed by atoms with Crippen LogP contribution in [0.5, 0.6) is 5.75 Å². The van der Waals surface area contributed by atoms with Gasteiger partial charge in [-0.2, -0.15) is 5.10 Å². The zero-order chi connectivity index (χ0) is 23.6. The average molecular weight is 475 g/mol. The molecule has 2 heterocycles. The number of pyridine rings is 1. The molecule has 34 heavy (non-hydrogen) atoms. The molecule has 0 saturated heterocycles. The Kier molecular flexibility index (Phi) is 8.32. The lowest BCUT2D eigenvalue weighted by atomic mass is 10.2. The molecule has 0 spiro atoms. The van der Waals surface area contributed by atoms with Crippen LogP contribution in [0.3, 0.4) is 0 Å². The van der Waals surface area contributed by atoms with Crippen molar-refractivity contribution < 1.29 is 14.7 Å². The van der Waals surface area contributed by atoms with Crippen LogP contribution < -0.4 is 10.2 Å². The van der Waals surface area contributed by atoms with Crippen molar-refractivity contribution in [2.75, 3.05) is 6.61 Å². The molecule has 0 aliphatic rings. The molecular formula is C26H26N4O3S. The molecule has 3 N–H and O–H groups in total. The number of hydroxylamine groups is 1. The van der Waals surface area contributed by atoms with Crippen LogP contribution in [0.1, 0.15) is 37.1 Å². The number of aromatic nitrogens is 3. The Morgan fingerprint density at radius 2 is 1.94 bits per heavy atom. The van der Waals surface area contributed by atoms with Crippen molar-refractivity contribution in [2.45, 2.75) is 35.5 Å². The maximum atomic E-state index is 11.1. The third-order valence-electron chi connectivity index (χ3n) is 5.17. The van der Waals surface area contributed by atoms with Crippen LogP contribution in [0.2, 0.25) is 0 Å². The number of rotatable bonds is 11. The molecule has 1 amide bonds. The van der Waals surface area contributed by atoms with E-state index < -0.39 is 0 Å². The molecule has 174 valence electrons. The van der Waals surface area contributed by atoms with Crippen molar-refractivity contribution in [3.05, 3.63) is 78.2 Å². The fraction of sp³-hybridized carbons (Fsp3) is 0.192. The molecule has 0 bridgehead atoms. The highest BCUT2D eigenvalue weighted by Gasteiger charge is 2.09. The Morgan fingerprint density at radius 3 is 2.79 bits per heavy atom. The monoisotopic (exact) mass is 474 g/mol. The Bertz CT molecular complexity index is 1260. The second-order valence-corrected chi connectivity index (χ2v) is 8.76. The molecule has 0 radical (unpaired) electrons. The van der Waals surface area contributed by atoms with Gasteiger partial charge in [0.15, 0.2) is 0 Å². The standard InChI is InChI=1S/C26H26N4O3S/c31-26(30-32)11-2-1-7-17-33-24-9-3-4-10-25(24)34-20-13-14-21-22(28-29-23(21)18-20)15-12-19-8-5-6-16-27-19/h3-6,8-10,12-16,18,32H,1-2,7,11,17H2,(H,28,29)(H,30,31)/b15-12+. The smallest absolute Gasteiger partial charge is 0.243 e. The molecule has 2 aromatic carbocycles. The van der Waals surface area contributed by atoms with Crippen LogP contribution in [0.25, 0.3) is 23.1 Å². The van der Waals surface area contributed by atoms with Crippen molar-refractivity contribution in [1.29, 1.82) is 0 Å². The molecule has 0 aliphatic heterocycles. The molecule has 0 saturated carbocycles. The van der Waals surface area contributed by atoms with Gasteiger partial charge in [-0.15, -0.1) is 0 Å². The number of para-hydroxylation sites is 1. The highest BCUT2D eigenvalue weighted by Crippen LogP contribution is 2.36. The largest absolute Gasteiger partial charge is 0.492 e. The summed E-state index contributed by atoms with van der Waals surface area (Å²) in [6.45, 7) is 0.573. The number of nitrogens with zero attached hydrogens (tertiary/aromatic N) is 2. The average Bonchev–Trinajstić information content (AvgIpc) is 3.28. The molecule has 0 aliphatic carbocycles. The molecule has 8 heteroatoms. The normalized spacial score (nSPS) is 11.2. The van der Waals surface area contributed by atoms with Gasteiger partial charge in [0.05, 0.1) is 28.4 Å². The molecule has 4 aromatic rings. The van der Waals surface area contributed by atoms with Crippen LogP contribution in [-0.4, -0.2) is 32.9 Å². The number of unbranched alkanes of at least 4 members (excludes halogenated alkanes) is 2. The maximum absolute atomic E-state index is 11.1. The van der Waals surface area contributed by atoms with Crippen LogP contribution in [0.15, 0.2) is 76.7 Å². The van der Waals surface area contributed by atoms with Crippen molar-refractivity contribution >= 4 is 40.7 Å². The summed E-state index contributed by atoms with van der Waals surface area (Å²) in [5.74, 6) is 0.484. The van der Waals surface area contributed by atoms with Gasteiger partial charge < -0.3 is 4.74 Å². The minimum atomic E-state index is -0.353. The number of hydrogen-bond acceptors (Lipinski definition) is 6. The van der Waals surface area contributed by atoms with Crippen molar-refractivity contribution in [3.63, 3.8) is 0 Å². The SMILES string of the molecule is O=C(CCCCCOc1ccccc1Sc1ccc2c(/C=C/c3ccccn3)n[nH]c2c1)NO. The summed E-state index contributed by atoms with van der Waals surface area (Å²) in [6, 6.07) is 20.0. The first-order valence-corrected chi connectivity index (χ1v) is 11.9. The Morgan fingerprint density at radius 1 is 1.06 bits per heavy atom. The van der Waals surface area contributed by atoms with E-state index in [9.17, 15) is 4.79 Å². The van der Waals surface area contributed by atoms with Crippen LogP contribution >= 0.6 is 11.8 Å². The third-order valence-corrected chi connectivity index (χ3v) is 6.22. The van der Waals surface area contributed by atoms with E-state index in [-0.39, 0.29) is 5.91 Å². The molecule has 2 aromatic heterocycles. The summed E-state index contributed by atoms with van der Waals surface area (Å²) < 4.78 is 6.00. The van der Waals surface area contributed by atoms with Gasteiger partial charge in [-0.25, -0.2) is 5.48 Å². The third kappa shape index (κ3) is 6.46. The van der Waals surface area contributed by atoms with E-state index in [0.717, 1.165) is 57.1 Å². The van der Waals surface area contributed by atoms with E-state index >= 15 is 0 Å². The molecule has 7 nitrogen and oxygen atoms in total. The molecular weight excluding hydrogens is 448 g/mol. The minimum absolute atomic E-state index is 0.319. The Balaban J connectivity index is 1.37. The maximum Gasteiger partial charge on any atom is 0.243 e. The van der Waals surface area contributed by atoms with Gasteiger partial charge in [-0.05, 0) is 73.9 Å². The first-order chi connectivity index (χ1) is 16.7. The van der Waals surface area contributed by atoms with Gasteiger partial charge in [0.1, 0.15) is 5.75 Å². The predicted molar refractivity (Wildman–Crippen MR) is 134 cm³/mol. The minimum Gasteiger partial charge on any atom is -0.492 e. The van der Waals surface area contributed by atoms with Crippen LogP contribution in [0, 0.1) is 0 Å². The number of nitrogens with one attached hydrogen (secondary N) is 2. The lowest BCUT2D eigenvalue weighted by Crippen LogP contribution is -2.17. The zero-order valence-electron chi connectivity index (χ0n) is 18.6. The molecule has 0 atom stereocenters. The molecule has 0 unspecified atom stereocenters. The van der Waals surface area contributed by atoms with Gasteiger partial charge in [-0.1, -0.05) is 30.0 Å². The lowest BCUT2D eigenvalue weighted by Gasteiger charge is -2.11. The van der Waals surface area contributed by atoms with Gasteiger partial charge >= 0.3 is 0 Å². The molecule has 4 rings (SSSR count). The van der Waals surface area contributed by atoms with E-state index in [1.807, 2.05) is 54.6 Å². The summed E-state index contributed by atoms with van der Waals surface area (Å²) in [7, 11) is 0. The number of aromatic amines is 1. The zero-order valence-corrected chi connectivity index (χ0v) is 19.4. The van der Waals surface area contributed by atoms with E-state index in [4.69, 9.17) is 9.94 Å². The number of ether oxygens (including phenoxy) is 1. The topological polar surface area (TPSA) is 100 Å². The lowest BCUT2D eigenvalue weighted by molar-refractivity contribution is -0.129. The fourth-order valence-corrected chi connectivity index (χ4v) is 4.37.